The zero-order valence-electron chi connectivity index (χ0n) is 5.84. The fourth-order valence-corrected chi connectivity index (χ4v) is 0.513. The van der Waals surface area contributed by atoms with Gasteiger partial charge in [-0.25, -0.2) is 0 Å². The van der Waals surface area contributed by atoms with E-state index < -0.39 is 0 Å². The maximum absolute atomic E-state index is 3.83. The van der Waals surface area contributed by atoms with Crippen LogP contribution < -0.4 is 0 Å². The minimum Gasteiger partial charge on any atom is -0.412 e. The lowest BCUT2D eigenvalue weighted by atomic mass is 10.6. The van der Waals surface area contributed by atoms with Crippen molar-refractivity contribution >= 4 is 0 Å². The van der Waals surface area contributed by atoms with Crippen LogP contribution in [0.3, 0.4) is 0 Å². The Labute approximate surface area is 53.8 Å². The van der Waals surface area contributed by atoms with E-state index in [1.807, 2.05) is 25.5 Å². The fourth-order valence-electron chi connectivity index (χ4n) is 0.513. The number of hydrogen-bond acceptors (Lipinski definition) is 2. The summed E-state index contributed by atoms with van der Waals surface area (Å²) >= 11 is 0. The van der Waals surface area contributed by atoms with Crippen LogP contribution in [0.1, 0.15) is 11.6 Å². The third-order valence-corrected chi connectivity index (χ3v) is 1.31. The Morgan fingerprint density at radius 3 is 1.56 bits per heavy atom. The quantitative estimate of drug-likeness (QED) is 0.478. The van der Waals surface area contributed by atoms with Crippen LogP contribution in [-0.2, 0) is 7.05 Å². The average molecular weight is 129 g/mol. The summed E-state index contributed by atoms with van der Waals surface area (Å²) < 4.78 is 1.94. The maximum atomic E-state index is 3.83. The molecule has 52 valence electrons. The van der Waals surface area contributed by atoms with Gasteiger partial charge in [-0.1, -0.05) is 0 Å². The van der Waals surface area contributed by atoms with Crippen molar-refractivity contribution in [3.05, 3.63) is 11.6 Å². The fraction of sp³-hybridized carbons (Fsp3) is 0.600. The summed E-state index contributed by atoms with van der Waals surface area (Å²) in [5, 5.41) is 7.66. The summed E-state index contributed by atoms with van der Waals surface area (Å²) in [6.07, 6.45) is 0. The van der Waals surface area contributed by atoms with Crippen LogP contribution in [0.2, 0.25) is 0 Å². The van der Waals surface area contributed by atoms with E-state index in [1.165, 1.54) is 0 Å². The van der Waals surface area contributed by atoms with E-state index in [1.54, 1.807) is 0 Å². The van der Waals surface area contributed by atoms with Gasteiger partial charge in [0.1, 0.15) is 11.6 Å². The van der Waals surface area contributed by atoms with E-state index in [0.29, 0.717) is 0 Å². The Morgan fingerprint density at radius 2 is 1.44 bits per heavy atom. The highest BCUT2D eigenvalue weighted by Crippen LogP contribution is 1.92. The molecule has 0 radical (unpaired) electrons. The highest BCUT2D eigenvalue weighted by molar-refractivity contribution is 4.88. The van der Waals surface area contributed by atoms with Gasteiger partial charge in [0.15, 0.2) is 0 Å². The Hall–Kier alpha value is -0.900. The predicted octanol–water partition coefficient (Wildman–Crippen LogP) is -0.393. The monoisotopic (exact) mass is 129 g/mol. The smallest absolute Gasteiger partial charge is 0.129 e. The third-order valence-electron chi connectivity index (χ3n) is 1.31. The van der Waals surface area contributed by atoms with Crippen LogP contribution in [0.15, 0.2) is 0 Å². The molecule has 4 heteroatoms. The number of aryl methyl sites for hydroxylation is 2. The Kier molecular flexibility index (Phi) is 2.33. The summed E-state index contributed by atoms with van der Waals surface area (Å²) in [6, 6.07) is 0. The van der Waals surface area contributed by atoms with Crippen molar-refractivity contribution in [2.75, 3.05) is 0 Å². The Balaban J connectivity index is 0.000000640. The zero-order chi connectivity index (χ0) is 6.15. The van der Waals surface area contributed by atoms with E-state index >= 15 is 0 Å². The van der Waals surface area contributed by atoms with E-state index in [0.717, 1.165) is 11.6 Å². The Bertz CT molecular complexity index is 175. The molecular weight excluding hydrogens is 118 g/mol. The van der Waals surface area contributed by atoms with Gasteiger partial charge in [-0.2, -0.15) is 0 Å². The first kappa shape index (κ1) is 8.10. The molecule has 2 N–H and O–H groups in total. The molecule has 1 aromatic rings. The third kappa shape index (κ3) is 1.26. The summed E-state index contributed by atoms with van der Waals surface area (Å²) in [7, 11) is 1.95. The predicted molar refractivity (Wildman–Crippen MR) is 34.1 cm³/mol. The van der Waals surface area contributed by atoms with Crippen molar-refractivity contribution in [2.45, 2.75) is 13.8 Å². The van der Waals surface area contributed by atoms with Crippen LogP contribution in [0.5, 0.6) is 0 Å². The molecule has 0 atom stereocenters. The molecular formula is C5H11N3O. The number of hydrogen-bond donors (Lipinski definition) is 0. The van der Waals surface area contributed by atoms with E-state index in [2.05, 4.69) is 10.2 Å². The molecule has 1 aromatic heterocycles. The molecule has 0 aliphatic heterocycles. The lowest BCUT2D eigenvalue weighted by Gasteiger charge is -1.90. The van der Waals surface area contributed by atoms with Gasteiger partial charge in [-0.15, -0.1) is 10.2 Å². The summed E-state index contributed by atoms with van der Waals surface area (Å²) in [6.45, 7) is 3.86. The highest BCUT2D eigenvalue weighted by Gasteiger charge is 1.94. The van der Waals surface area contributed by atoms with Gasteiger partial charge in [-0.3, -0.25) is 0 Å². The Morgan fingerprint density at radius 1 is 1.11 bits per heavy atom. The first-order chi connectivity index (χ1) is 3.72. The first-order valence-electron chi connectivity index (χ1n) is 2.54. The standard InChI is InChI=1S/C5H9N3.H2O/c1-4-6-7-5(2)8(4)3;/h1-3H3;1H2. The molecule has 0 unspecified atom stereocenters. The summed E-state index contributed by atoms with van der Waals surface area (Å²) in [5.74, 6) is 1.92. The van der Waals surface area contributed by atoms with Gasteiger partial charge in [0.2, 0.25) is 0 Å². The van der Waals surface area contributed by atoms with Crippen molar-refractivity contribution in [3.63, 3.8) is 0 Å². The molecule has 0 saturated carbocycles. The first-order valence-corrected chi connectivity index (χ1v) is 2.54. The molecule has 1 rings (SSSR count). The van der Waals surface area contributed by atoms with Crippen molar-refractivity contribution in [3.8, 4) is 0 Å². The average Bonchev–Trinajstić information content (AvgIpc) is 1.98. The minimum absolute atomic E-state index is 0. The largest absolute Gasteiger partial charge is 0.412 e. The molecule has 0 bridgehead atoms. The molecule has 0 amide bonds. The SMILES string of the molecule is Cc1nnc(C)n1C.O. The molecule has 0 saturated heterocycles. The van der Waals surface area contributed by atoms with E-state index in [4.69, 9.17) is 0 Å². The second-order valence-electron chi connectivity index (χ2n) is 1.85. The lowest BCUT2D eigenvalue weighted by Crippen LogP contribution is -1.92. The van der Waals surface area contributed by atoms with Crippen molar-refractivity contribution in [1.29, 1.82) is 0 Å². The summed E-state index contributed by atoms with van der Waals surface area (Å²) in [5.41, 5.74) is 0. The second kappa shape index (κ2) is 2.59. The lowest BCUT2D eigenvalue weighted by molar-refractivity contribution is 0.823. The van der Waals surface area contributed by atoms with Crippen LogP contribution in [0.25, 0.3) is 0 Å². The molecule has 0 aliphatic rings. The van der Waals surface area contributed by atoms with E-state index in [-0.39, 0.29) is 5.48 Å². The number of rotatable bonds is 0. The van der Waals surface area contributed by atoms with Gasteiger partial charge in [-0.05, 0) is 13.8 Å². The maximum Gasteiger partial charge on any atom is 0.129 e. The van der Waals surface area contributed by atoms with Gasteiger partial charge in [0, 0.05) is 7.05 Å². The molecule has 0 spiro atoms. The minimum atomic E-state index is 0. The van der Waals surface area contributed by atoms with Crippen molar-refractivity contribution < 1.29 is 5.48 Å². The topological polar surface area (TPSA) is 62.2 Å². The molecule has 0 fully saturated rings. The van der Waals surface area contributed by atoms with Gasteiger partial charge >= 0.3 is 0 Å². The zero-order valence-corrected chi connectivity index (χ0v) is 5.84. The van der Waals surface area contributed by atoms with Gasteiger partial charge in [0.05, 0.1) is 0 Å². The summed E-state index contributed by atoms with van der Waals surface area (Å²) in [4.78, 5) is 0. The van der Waals surface area contributed by atoms with Crippen molar-refractivity contribution in [2.24, 2.45) is 7.05 Å². The molecule has 9 heavy (non-hydrogen) atoms. The normalized spacial score (nSPS) is 8.78. The van der Waals surface area contributed by atoms with Gasteiger partial charge < -0.3 is 10.0 Å². The molecule has 0 aliphatic carbocycles. The second-order valence-corrected chi connectivity index (χ2v) is 1.85. The molecule has 1 heterocycles. The van der Waals surface area contributed by atoms with Crippen LogP contribution in [-0.4, -0.2) is 20.2 Å². The van der Waals surface area contributed by atoms with Gasteiger partial charge in [0.25, 0.3) is 0 Å². The highest BCUT2D eigenvalue weighted by atomic mass is 16.0. The molecule has 0 aromatic carbocycles. The van der Waals surface area contributed by atoms with E-state index in [9.17, 15) is 0 Å². The number of aromatic nitrogens is 3. The van der Waals surface area contributed by atoms with Crippen LogP contribution in [0.4, 0.5) is 0 Å². The van der Waals surface area contributed by atoms with Crippen molar-refractivity contribution in [1.82, 2.24) is 14.8 Å². The van der Waals surface area contributed by atoms with Crippen LogP contribution in [0, 0.1) is 13.8 Å². The van der Waals surface area contributed by atoms with Crippen LogP contribution >= 0.6 is 0 Å². The number of nitrogens with zero attached hydrogens (tertiary/aromatic N) is 3. The molecule has 4 nitrogen and oxygen atoms in total.